The van der Waals surface area contributed by atoms with Crippen molar-refractivity contribution in [1.29, 1.82) is 0 Å². The van der Waals surface area contributed by atoms with E-state index in [4.69, 9.17) is 9.47 Å². The second kappa shape index (κ2) is 11.2. The van der Waals surface area contributed by atoms with Crippen molar-refractivity contribution >= 4 is 11.9 Å². The number of carbonyl (C=O) groups excluding carboxylic acids is 2. The molecule has 1 saturated heterocycles. The van der Waals surface area contributed by atoms with Crippen LogP contribution in [0.25, 0.3) is 0 Å². The quantitative estimate of drug-likeness (QED) is 0.503. The standard InChI is InChI=1S/C25H30F3N3O4/c1-24(2,3)35-23(33)20-5-4-13-31(20)22(32)10-14-34-21(15-19-16-29-11-12-30-19)17-6-8-18(9-7-17)25(26,27)28/h6-9,11-12,16,20-21H,4-5,10,13-15H2,1-3H3. The zero-order chi connectivity index (χ0) is 25.6. The van der Waals surface area contributed by atoms with E-state index in [2.05, 4.69) is 9.97 Å². The molecular weight excluding hydrogens is 463 g/mol. The maximum atomic E-state index is 13.0. The van der Waals surface area contributed by atoms with Gasteiger partial charge in [0, 0.05) is 31.6 Å². The molecule has 1 aliphatic rings. The van der Waals surface area contributed by atoms with Gasteiger partial charge in [-0.25, -0.2) is 4.79 Å². The topological polar surface area (TPSA) is 81.6 Å². The number of ether oxygens (including phenoxy) is 2. The van der Waals surface area contributed by atoms with Crippen molar-refractivity contribution < 1.29 is 32.2 Å². The van der Waals surface area contributed by atoms with Crippen LogP contribution in [0.1, 0.15) is 63.0 Å². The van der Waals surface area contributed by atoms with Crippen molar-refractivity contribution in [2.24, 2.45) is 0 Å². The number of benzene rings is 1. The number of hydrogen-bond donors (Lipinski definition) is 0. The fraction of sp³-hybridized carbons (Fsp3) is 0.520. The van der Waals surface area contributed by atoms with E-state index < -0.39 is 35.5 Å². The first kappa shape index (κ1) is 26.6. The van der Waals surface area contributed by atoms with Crippen LogP contribution in [-0.2, 0) is 31.7 Å². The van der Waals surface area contributed by atoms with Crippen molar-refractivity contribution in [3.8, 4) is 0 Å². The highest BCUT2D eigenvalue weighted by molar-refractivity contribution is 5.85. The fourth-order valence-corrected chi connectivity index (χ4v) is 3.90. The molecule has 1 aromatic carbocycles. The van der Waals surface area contributed by atoms with Gasteiger partial charge >= 0.3 is 12.1 Å². The van der Waals surface area contributed by atoms with E-state index >= 15 is 0 Å². The van der Waals surface area contributed by atoms with Crippen molar-refractivity contribution in [3.63, 3.8) is 0 Å². The molecule has 0 saturated carbocycles. The average molecular weight is 494 g/mol. The highest BCUT2D eigenvalue weighted by atomic mass is 19.4. The Morgan fingerprint density at radius 3 is 2.46 bits per heavy atom. The zero-order valence-corrected chi connectivity index (χ0v) is 20.0. The van der Waals surface area contributed by atoms with Gasteiger partial charge in [0.05, 0.1) is 30.4 Å². The predicted molar refractivity (Wildman–Crippen MR) is 121 cm³/mol. The molecule has 0 spiro atoms. The van der Waals surface area contributed by atoms with Gasteiger partial charge in [0.25, 0.3) is 0 Å². The minimum absolute atomic E-state index is 0.0247. The number of likely N-dealkylation sites (tertiary alicyclic amines) is 1. The van der Waals surface area contributed by atoms with Crippen molar-refractivity contribution in [3.05, 3.63) is 59.7 Å². The van der Waals surface area contributed by atoms with Crippen LogP contribution in [0, 0.1) is 0 Å². The van der Waals surface area contributed by atoms with E-state index in [9.17, 15) is 22.8 Å². The number of rotatable bonds is 8. The molecule has 2 unspecified atom stereocenters. The van der Waals surface area contributed by atoms with Gasteiger partial charge in [-0.2, -0.15) is 13.2 Å². The molecule has 35 heavy (non-hydrogen) atoms. The Labute approximate surface area is 202 Å². The summed E-state index contributed by atoms with van der Waals surface area (Å²) in [6.45, 7) is 5.82. The molecular formula is C25H30F3N3O4. The minimum atomic E-state index is -4.44. The van der Waals surface area contributed by atoms with Gasteiger partial charge in [-0.3, -0.25) is 14.8 Å². The van der Waals surface area contributed by atoms with E-state index in [1.807, 2.05) is 0 Å². The number of esters is 1. The van der Waals surface area contributed by atoms with E-state index in [-0.39, 0.29) is 25.4 Å². The second-order valence-electron chi connectivity index (χ2n) is 9.41. The Bertz CT molecular complexity index is 992. The molecule has 1 fully saturated rings. The Hall–Kier alpha value is -3.01. The van der Waals surface area contributed by atoms with E-state index in [0.717, 1.165) is 12.1 Å². The molecule has 1 aromatic heterocycles. The maximum absolute atomic E-state index is 13.0. The third kappa shape index (κ3) is 7.74. The van der Waals surface area contributed by atoms with Crippen LogP contribution in [-0.4, -0.2) is 51.5 Å². The van der Waals surface area contributed by atoms with Gasteiger partial charge in [0.2, 0.25) is 5.91 Å². The molecule has 0 aliphatic carbocycles. The summed E-state index contributed by atoms with van der Waals surface area (Å²) in [6.07, 6.45) is 1.09. The maximum Gasteiger partial charge on any atom is 0.416 e. The average Bonchev–Trinajstić information content (AvgIpc) is 3.28. The minimum Gasteiger partial charge on any atom is -0.458 e. The number of alkyl halides is 3. The van der Waals surface area contributed by atoms with Gasteiger partial charge in [-0.1, -0.05) is 12.1 Å². The lowest BCUT2D eigenvalue weighted by molar-refractivity contribution is -0.163. The smallest absolute Gasteiger partial charge is 0.416 e. The third-order valence-electron chi connectivity index (χ3n) is 5.51. The predicted octanol–water partition coefficient (Wildman–Crippen LogP) is 4.52. The molecule has 2 heterocycles. The third-order valence-corrected chi connectivity index (χ3v) is 5.51. The Morgan fingerprint density at radius 2 is 1.86 bits per heavy atom. The molecule has 3 rings (SSSR count). The molecule has 0 bridgehead atoms. The zero-order valence-electron chi connectivity index (χ0n) is 20.0. The van der Waals surface area contributed by atoms with Crippen LogP contribution in [0.2, 0.25) is 0 Å². The molecule has 190 valence electrons. The lowest BCUT2D eigenvalue weighted by atomic mass is 10.0. The fourth-order valence-electron chi connectivity index (χ4n) is 3.90. The number of halogens is 3. The van der Waals surface area contributed by atoms with Crippen LogP contribution in [0.3, 0.4) is 0 Å². The number of nitrogens with zero attached hydrogens (tertiary/aromatic N) is 3. The highest BCUT2D eigenvalue weighted by Crippen LogP contribution is 2.31. The van der Waals surface area contributed by atoms with E-state index in [0.29, 0.717) is 30.6 Å². The van der Waals surface area contributed by atoms with Gasteiger partial charge in [-0.15, -0.1) is 0 Å². The van der Waals surface area contributed by atoms with Crippen LogP contribution in [0.4, 0.5) is 13.2 Å². The number of aromatic nitrogens is 2. The summed E-state index contributed by atoms with van der Waals surface area (Å²) < 4.78 is 50.3. The summed E-state index contributed by atoms with van der Waals surface area (Å²) in [5.41, 5.74) is -0.263. The Morgan fingerprint density at radius 1 is 1.14 bits per heavy atom. The summed E-state index contributed by atoms with van der Waals surface area (Å²) in [5, 5.41) is 0. The van der Waals surface area contributed by atoms with Gasteiger partial charge < -0.3 is 14.4 Å². The monoisotopic (exact) mass is 493 g/mol. The summed E-state index contributed by atoms with van der Waals surface area (Å²) in [4.78, 5) is 35.1. The number of amides is 1. The number of carbonyl (C=O) groups is 2. The highest BCUT2D eigenvalue weighted by Gasteiger charge is 2.36. The molecule has 0 radical (unpaired) electrons. The summed E-state index contributed by atoms with van der Waals surface area (Å²) in [5.74, 6) is -0.654. The molecule has 2 atom stereocenters. The van der Waals surface area contributed by atoms with E-state index in [1.165, 1.54) is 29.4 Å². The summed E-state index contributed by atoms with van der Waals surface area (Å²) in [7, 11) is 0. The van der Waals surface area contributed by atoms with Crippen molar-refractivity contribution in [2.45, 2.75) is 70.4 Å². The van der Waals surface area contributed by atoms with Crippen LogP contribution in [0.15, 0.2) is 42.9 Å². The summed E-state index contributed by atoms with van der Waals surface area (Å²) in [6, 6.07) is 4.12. The lowest BCUT2D eigenvalue weighted by Gasteiger charge is -2.27. The molecule has 10 heteroatoms. The summed E-state index contributed by atoms with van der Waals surface area (Å²) >= 11 is 0. The Balaban J connectivity index is 1.65. The largest absolute Gasteiger partial charge is 0.458 e. The SMILES string of the molecule is CC(C)(C)OC(=O)C1CCCN1C(=O)CCOC(Cc1cnccn1)c1ccc(C(F)(F)F)cc1. The van der Waals surface area contributed by atoms with Crippen LogP contribution < -0.4 is 0 Å². The normalized spacial score (nSPS) is 17.3. The second-order valence-corrected chi connectivity index (χ2v) is 9.41. The van der Waals surface area contributed by atoms with Crippen molar-refractivity contribution in [2.75, 3.05) is 13.2 Å². The molecule has 2 aromatic rings. The van der Waals surface area contributed by atoms with Crippen LogP contribution in [0.5, 0.6) is 0 Å². The van der Waals surface area contributed by atoms with Crippen LogP contribution >= 0.6 is 0 Å². The number of hydrogen-bond acceptors (Lipinski definition) is 6. The van der Waals surface area contributed by atoms with Gasteiger partial charge in [0.1, 0.15) is 11.6 Å². The molecule has 1 amide bonds. The molecule has 1 aliphatic heterocycles. The first-order valence-electron chi connectivity index (χ1n) is 11.5. The Kier molecular flexibility index (Phi) is 8.47. The van der Waals surface area contributed by atoms with Crippen molar-refractivity contribution in [1.82, 2.24) is 14.9 Å². The van der Waals surface area contributed by atoms with Gasteiger partial charge in [-0.05, 0) is 51.3 Å². The molecule has 7 nitrogen and oxygen atoms in total. The van der Waals surface area contributed by atoms with E-state index in [1.54, 1.807) is 27.0 Å². The van der Waals surface area contributed by atoms with Gasteiger partial charge in [0.15, 0.2) is 0 Å². The lowest BCUT2D eigenvalue weighted by Crippen LogP contribution is -2.43. The molecule has 0 N–H and O–H groups in total. The first-order valence-corrected chi connectivity index (χ1v) is 11.5. The first-order chi connectivity index (χ1) is 16.4.